The minimum Gasteiger partial charge on any atom is -0.477 e. The Balaban J connectivity index is 1.08. The molecule has 0 amide bonds. The molecule has 0 atom stereocenters. The maximum Gasteiger partial charge on any atom is 0.416 e. The maximum atomic E-state index is 13.7. The van der Waals surface area contributed by atoms with E-state index in [1.807, 2.05) is 53.1 Å². The molecule has 0 radical (unpaired) electrons. The average Bonchev–Trinajstić information content (AvgIpc) is 3.80. The average molecular weight is 884 g/mol. The van der Waals surface area contributed by atoms with Crippen molar-refractivity contribution in [1.29, 1.82) is 5.26 Å². The molecule has 0 fully saturated rings. The highest BCUT2D eigenvalue weighted by atomic mass is 19.4. The number of benzene rings is 7. The summed E-state index contributed by atoms with van der Waals surface area (Å²) in [5, 5.41) is 22.5. The number of carboxylic acids is 1. The first kappa shape index (κ1) is 44.0. The van der Waals surface area contributed by atoms with E-state index < -0.39 is 17.7 Å². The molecule has 0 saturated heterocycles. The molecule has 5 nitrogen and oxygen atoms in total. The molecule has 7 aromatic carbocycles. The van der Waals surface area contributed by atoms with E-state index in [1.54, 1.807) is 30.3 Å². The van der Waals surface area contributed by atoms with Crippen molar-refractivity contribution < 1.29 is 23.1 Å². The fraction of sp³-hybridized carbons (Fsp3) is 0.153. The Labute approximate surface area is 387 Å². The summed E-state index contributed by atoms with van der Waals surface area (Å²) in [5.41, 5.74) is 10.3. The third kappa shape index (κ3) is 8.69. The summed E-state index contributed by atoms with van der Waals surface area (Å²) in [7, 11) is 0. The zero-order chi connectivity index (χ0) is 47.4. The van der Waals surface area contributed by atoms with E-state index >= 15 is 0 Å². The number of rotatable bonds is 4. The Hall–Kier alpha value is -8.25. The molecule has 0 bridgehead atoms. The van der Waals surface area contributed by atoms with Crippen molar-refractivity contribution in [3.63, 3.8) is 0 Å². The van der Waals surface area contributed by atoms with Crippen molar-refractivity contribution >= 4 is 55.7 Å². The van der Waals surface area contributed by atoms with Crippen LogP contribution in [-0.4, -0.2) is 20.2 Å². The normalized spacial score (nSPS) is 12.2. The first-order valence-electron chi connectivity index (χ1n) is 21.8. The van der Waals surface area contributed by atoms with Gasteiger partial charge >= 0.3 is 12.1 Å². The smallest absolute Gasteiger partial charge is 0.416 e. The highest BCUT2D eigenvalue weighted by molar-refractivity contribution is 6.11. The monoisotopic (exact) mass is 883 g/mol. The summed E-state index contributed by atoms with van der Waals surface area (Å²) in [6.07, 6.45) is -3.19. The fourth-order valence-electron chi connectivity index (χ4n) is 8.44. The van der Waals surface area contributed by atoms with Crippen LogP contribution in [0, 0.1) is 35.0 Å². The van der Waals surface area contributed by atoms with Gasteiger partial charge in [0.25, 0.3) is 0 Å². The van der Waals surface area contributed by atoms with Gasteiger partial charge in [0, 0.05) is 55.2 Å². The van der Waals surface area contributed by atoms with E-state index in [0.29, 0.717) is 22.4 Å². The van der Waals surface area contributed by atoms with Crippen molar-refractivity contribution in [2.75, 3.05) is 0 Å². The zero-order valence-electron chi connectivity index (χ0n) is 37.8. The summed E-state index contributed by atoms with van der Waals surface area (Å²) in [5.74, 6) is 11.7. The second-order valence-electron chi connectivity index (χ2n) is 18.8. The highest BCUT2D eigenvalue weighted by Crippen LogP contribution is 2.39. The largest absolute Gasteiger partial charge is 0.477 e. The topological polar surface area (TPSA) is 70.9 Å². The standard InChI is InChI=1S/C59H44F3N3O2/c1-57(2,3)44-21-29-52-50(34-44)51-35-45(58(4,5)6)22-30-53(51)64(52)46-23-15-38(16-24-46)10-14-41-18-28-49-48-27-17-40(13-9-37-7-11-39(12-8-37)31-42(36-63)56(66)67)32-54(48)65(55(49)33-41)47-25-19-43(20-26-47)59(60,61)62/h7-8,11-12,15-35H,1-6H3,(H,66,67)/b42-31-. The molecule has 1 N–H and O–H groups in total. The van der Waals surface area contributed by atoms with Gasteiger partial charge in [-0.3, -0.25) is 0 Å². The van der Waals surface area contributed by atoms with Crippen LogP contribution in [0.1, 0.15) is 86.1 Å². The number of aromatic nitrogens is 2. The SMILES string of the molecule is CC(C)(C)c1ccc2c(c1)c1cc(C(C)(C)C)ccc1n2-c1ccc(C#Cc2ccc3c4ccc(C#Cc5ccc(/C=C(/C#N)C(=O)O)cc5)cc4n(-c4ccc(C(F)(F)F)cc4)c3c2)cc1. The lowest BCUT2D eigenvalue weighted by atomic mass is 9.85. The number of alkyl halides is 3. The van der Waals surface area contributed by atoms with Crippen LogP contribution in [0.25, 0.3) is 61.1 Å². The Morgan fingerprint density at radius 1 is 0.493 bits per heavy atom. The Kier molecular flexibility index (Phi) is 10.9. The molecule has 0 aliphatic rings. The number of nitriles is 1. The third-order valence-electron chi connectivity index (χ3n) is 12.1. The van der Waals surface area contributed by atoms with Gasteiger partial charge < -0.3 is 14.2 Å². The van der Waals surface area contributed by atoms with Crippen LogP contribution in [0.15, 0.2) is 151 Å². The van der Waals surface area contributed by atoms with E-state index in [-0.39, 0.29) is 16.4 Å². The number of nitrogens with zero attached hydrogens (tertiary/aromatic N) is 3. The molecule has 0 saturated carbocycles. The van der Waals surface area contributed by atoms with Gasteiger partial charge in [0.2, 0.25) is 0 Å². The number of carbonyl (C=O) groups is 1. The number of fused-ring (bicyclic) bond motifs is 6. The van der Waals surface area contributed by atoms with Gasteiger partial charge in [0.15, 0.2) is 0 Å². The second kappa shape index (κ2) is 16.6. The molecule has 0 spiro atoms. The molecule has 2 heterocycles. The summed E-state index contributed by atoms with van der Waals surface area (Å²) >= 11 is 0. The Morgan fingerprint density at radius 3 is 1.30 bits per heavy atom. The van der Waals surface area contributed by atoms with Gasteiger partial charge in [-0.2, -0.15) is 18.4 Å². The van der Waals surface area contributed by atoms with Crippen LogP contribution in [0.2, 0.25) is 0 Å². The van der Waals surface area contributed by atoms with Crippen molar-refractivity contribution in [2.45, 2.75) is 58.5 Å². The van der Waals surface area contributed by atoms with E-state index in [1.165, 1.54) is 40.1 Å². The summed E-state index contributed by atoms with van der Waals surface area (Å²) in [6.45, 7) is 13.4. The molecule has 9 rings (SSSR count). The van der Waals surface area contributed by atoms with Gasteiger partial charge in [-0.1, -0.05) is 102 Å². The van der Waals surface area contributed by atoms with Gasteiger partial charge in [-0.25, -0.2) is 4.79 Å². The molecule has 9 aromatic rings. The van der Waals surface area contributed by atoms with Crippen molar-refractivity contribution in [3.05, 3.63) is 196 Å². The molecule has 0 aliphatic heterocycles. The summed E-state index contributed by atoms with van der Waals surface area (Å²) < 4.78 is 45.3. The lowest BCUT2D eigenvalue weighted by Gasteiger charge is -2.19. The number of hydrogen-bond acceptors (Lipinski definition) is 2. The van der Waals surface area contributed by atoms with Gasteiger partial charge in [-0.15, -0.1) is 0 Å². The lowest BCUT2D eigenvalue weighted by molar-refractivity contribution is -0.137. The quantitative estimate of drug-likeness (QED) is 0.109. The first-order valence-corrected chi connectivity index (χ1v) is 21.8. The van der Waals surface area contributed by atoms with E-state index in [4.69, 9.17) is 5.26 Å². The van der Waals surface area contributed by atoms with Crippen LogP contribution in [0.4, 0.5) is 13.2 Å². The minimum atomic E-state index is -4.48. The Morgan fingerprint density at radius 2 is 0.881 bits per heavy atom. The van der Waals surface area contributed by atoms with E-state index in [9.17, 15) is 23.1 Å². The molecule has 0 aliphatic carbocycles. The van der Waals surface area contributed by atoms with Crippen molar-refractivity contribution in [3.8, 4) is 41.1 Å². The lowest BCUT2D eigenvalue weighted by Crippen LogP contribution is -2.10. The van der Waals surface area contributed by atoms with Crippen molar-refractivity contribution in [1.82, 2.24) is 9.13 Å². The predicted molar refractivity (Wildman–Crippen MR) is 264 cm³/mol. The number of carboxylic acid groups (broad SMARTS) is 1. The van der Waals surface area contributed by atoms with Crippen LogP contribution in [-0.2, 0) is 21.8 Å². The van der Waals surface area contributed by atoms with Gasteiger partial charge in [-0.05, 0) is 143 Å². The molecular formula is C59H44F3N3O2. The first-order chi connectivity index (χ1) is 31.8. The second-order valence-corrected chi connectivity index (χ2v) is 18.8. The molecule has 2 aromatic heterocycles. The minimum absolute atomic E-state index is 0.00165. The number of aliphatic carboxylic acids is 1. The molecule has 8 heteroatoms. The van der Waals surface area contributed by atoms with Crippen LogP contribution in [0.5, 0.6) is 0 Å². The Bertz CT molecular complexity index is 3580. The predicted octanol–water partition coefficient (Wildman–Crippen LogP) is 14.3. The van der Waals surface area contributed by atoms with Crippen molar-refractivity contribution in [2.24, 2.45) is 0 Å². The van der Waals surface area contributed by atoms with Crippen LogP contribution in [0.3, 0.4) is 0 Å². The number of hydrogen-bond donors (Lipinski definition) is 1. The van der Waals surface area contributed by atoms with Gasteiger partial charge in [0.05, 0.1) is 27.6 Å². The van der Waals surface area contributed by atoms with Crippen LogP contribution < -0.4 is 0 Å². The fourth-order valence-corrected chi connectivity index (χ4v) is 8.44. The van der Waals surface area contributed by atoms with E-state index in [2.05, 4.69) is 118 Å². The molecular weight excluding hydrogens is 840 g/mol. The van der Waals surface area contributed by atoms with E-state index in [0.717, 1.165) is 61.8 Å². The number of halogens is 3. The summed E-state index contributed by atoms with van der Waals surface area (Å²) in [6, 6.07) is 47.2. The maximum absolute atomic E-state index is 13.7. The molecule has 0 unspecified atom stereocenters. The highest BCUT2D eigenvalue weighted by Gasteiger charge is 2.30. The molecule has 67 heavy (non-hydrogen) atoms. The third-order valence-corrected chi connectivity index (χ3v) is 12.1. The summed E-state index contributed by atoms with van der Waals surface area (Å²) in [4.78, 5) is 11.3. The zero-order valence-corrected chi connectivity index (χ0v) is 37.8. The van der Waals surface area contributed by atoms with Crippen LogP contribution >= 0.6 is 0 Å². The van der Waals surface area contributed by atoms with Gasteiger partial charge in [0.1, 0.15) is 11.6 Å². The molecule has 328 valence electrons.